The molecule has 0 aliphatic rings. The van der Waals surface area contributed by atoms with Gasteiger partial charge in [-0.15, -0.1) is 0 Å². The first-order valence-electron chi connectivity index (χ1n) is 12.6. The lowest BCUT2D eigenvalue weighted by Crippen LogP contribution is -2.00. The Morgan fingerprint density at radius 1 is 0.541 bits per heavy atom. The molecule has 7 aromatic rings. The Morgan fingerprint density at radius 3 is 2.08 bits per heavy atom. The average Bonchev–Trinajstić information content (AvgIpc) is 3.27. The minimum absolute atomic E-state index is 0.748. The molecule has 176 valence electrons. The van der Waals surface area contributed by atoms with E-state index in [2.05, 4.69) is 127 Å². The maximum atomic E-state index is 6.22. The lowest BCUT2D eigenvalue weighted by Gasteiger charge is -2.17. The van der Waals surface area contributed by atoms with Crippen LogP contribution < -0.4 is 0 Å². The molecule has 0 N–H and O–H groups in total. The summed E-state index contributed by atoms with van der Waals surface area (Å²) in [7, 11) is 0. The van der Waals surface area contributed by atoms with Crippen molar-refractivity contribution in [1.82, 2.24) is 4.57 Å². The molecule has 0 fully saturated rings. The van der Waals surface area contributed by atoms with E-state index in [0.717, 1.165) is 10.6 Å². The average molecular weight is 494 g/mol. The van der Waals surface area contributed by atoms with Crippen LogP contribution in [0.5, 0.6) is 0 Å². The van der Waals surface area contributed by atoms with Gasteiger partial charge in [0.15, 0.2) is 0 Å². The summed E-state index contributed by atoms with van der Waals surface area (Å²) in [5.74, 6) is 0. The molecular weight excluding hydrogens is 470 g/mol. The summed E-state index contributed by atoms with van der Waals surface area (Å²) in [4.78, 5) is 0. The largest absolute Gasteiger partial charge is 0.308 e. The standard InChI is InChI=1S/C35H24ClN/c1-23-8-6-13-30(27-17-16-24-9-2-3-10-26(24)22-27)35(23)37-32-14-5-4-11-31(32)34-29(12-7-15-33(34)37)25-18-20-28(36)21-19-25/h2-22H,1H3. The number of hydrogen-bond acceptors (Lipinski definition) is 0. The third-order valence-corrected chi connectivity index (χ3v) is 7.63. The molecule has 1 nitrogen and oxygen atoms in total. The van der Waals surface area contributed by atoms with Crippen molar-refractivity contribution < 1.29 is 0 Å². The van der Waals surface area contributed by atoms with Crippen LogP contribution in [0.3, 0.4) is 0 Å². The molecule has 0 aliphatic heterocycles. The van der Waals surface area contributed by atoms with Crippen molar-refractivity contribution in [2.75, 3.05) is 0 Å². The molecule has 1 aromatic heterocycles. The molecule has 0 amide bonds. The zero-order chi connectivity index (χ0) is 24.9. The highest BCUT2D eigenvalue weighted by Gasteiger charge is 2.19. The van der Waals surface area contributed by atoms with Gasteiger partial charge >= 0.3 is 0 Å². The van der Waals surface area contributed by atoms with Crippen LogP contribution in [0, 0.1) is 6.92 Å². The highest BCUT2D eigenvalue weighted by Crippen LogP contribution is 2.41. The van der Waals surface area contributed by atoms with Crippen LogP contribution in [-0.2, 0) is 0 Å². The first kappa shape index (κ1) is 21.9. The minimum Gasteiger partial charge on any atom is -0.308 e. The predicted molar refractivity (Wildman–Crippen MR) is 159 cm³/mol. The fraction of sp³-hybridized carbons (Fsp3) is 0.0286. The van der Waals surface area contributed by atoms with Crippen molar-refractivity contribution in [2.24, 2.45) is 0 Å². The van der Waals surface area contributed by atoms with E-state index in [9.17, 15) is 0 Å². The molecule has 0 saturated heterocycles. The molecule has 37 heavy (non-hydrogen) atoms. The van der Waals surface area contributed by atoms with E-state index >= 15 is 0 Å². The van der Waals surface area contributed by atoms with Crippen LogP contribution in [0.1, 0.15) is 5.56 Å². The fourth-order valence-electron chi connectivity index (χ4n) is 5.68. The van der Waals surface area contributed by atoms with Gasteiger partial charge in [0, 0.05) is 21.4 Å². The summed E-state index contributed by atoms with van der Waals surface area (Å²) in [6.07, 6.45) is 0. The van der Waals surface area contributed by atoms with E-state index in [0.29, 0.717) is 0 Å². The summed E-state index contributed by atoms with van der Waals surface area (Å²) < 4.78 is 2.45. The molecule has 6 aromatic carbocycles. The van der Waals surface area contributed by atoms with E-state index in [1.165, 1.54) is 60.5 Å². The second-order valence-corrected chi connectivity index (χ2v) is 10.0. The lowest BCUT2D eigenvalue weighted by molar-refractivity contribution is 1.15. The van der Waals surface area contributed by atoms with Crippen LogP contribution in [0.25, 0.3) is 60.5 Å². The number of aromatic nitrogens is 1. The van der Waals surface area contributed by atoms with E-state index < -0.39 is 0 Å². The van der Waals surface area contributed by atoms with Crippen molar-refractivity contribution in [3.63, 3.8) is 0 Å². The van der Waals surface area contributed by atoms with Gasteiger partial charge in [-0.1, -0.05) is 109 Å². The van der Waals surface area contributed by atoms with E-state index in [1.54, 1.807) is 0 Å². The highest BCUT2D eigenvalue weighted by atomic mass is 35.5. The molecule has 2 heteroatoms. The zero-order valence-corrected chi connectivity index (χ0v) is 21.2. The topological polar surface area (TPSA) is 4.93 Å². The van der Waals surface area contributed by atoms with Crippen LogP contribution in [-0.4, -0.2) is 4.57 Å². The van der Waals surface area contributed by atoms with Gasteiger partial charge in [-0.25, -0.2) is 0 Å². The Morgan fingerprint density at radius 2 is 1.22 bits per heavy atom. The van der Waals surface area contributed by atoms with E-state index in [4.69, 9.17) is 11.6 Å². The van der Waals surface area contributed by atoms with Gasteiger partial charge in [0.25, 0.3) is 0 Å². The van der Waals surface area contributed by atoms with Crippen molar-refractivity contribution >= 4 is 44.2 Å². The quantitative estimate of drug-likeness (QED) is 0.230. The number of nitrogens with zero attached hydrogens (tertiary/aromatic N) is 1. The zero-order valence-electron chi connectivity index (χ0n) is 20.4. The lowest BCUT2D eigenvalue weighted by atomic mass is 9.97. The molecule has 0 unspecified atom stereocenters. The molecule has 0 aliphatic carbocycles. The van der Waals surface area contributed by atoms with Gasteiger partial charge in [-0.3, -0.25) is 0 Å². The maximum absolute atomic E-state index is 6.22. The van der Waals surface area contributed by atoms with Gasteiger partial charge < -0.3 is 4.57 Å². The van der Waals surface area contributed by atoms with Crippen LogP contribution in [0.15, 0.2) is 127 Å². The van der Waals surface area contributed by atoms with E-state index in [-0.39, 0.29) is 0 Å². The number of halogens is 1. The summed E-state index contributed by atoms with van der Waals surface area (Å²) >= 11 is 6.22. The smallest absolute Gasteiger partial charge is 0.0569 e. The number of hydrogen-bond donors (Lipinski definition) is 0. The van der Waals surface area contributed by atoms with Gasteiger partial charge in [0.1, 0.15) is 0 Å². The SMILES string of the molecule is Cc1cccc(-c2ccc3ccccc3c2)c1-n1c2ccccc2c2c(-c3ccc(Cl)cc3)cccc21. The van der Waals surface area contributed by atoms with E-state index in [1.807, 2.05) is 12.1 Å². The van der Waals surface area contributed by atoms with Gasteiger partial charge in [0.2, 0.25) is 0 Å². The van der Waals surface area contributed by atoms with Crippen molar-refractivity contribution in [2.45, 2.75) is 6.92 Å². The Kier molecular flexibility index (Phi) is 5.13. The molecule has 7 rings (SSSR count). The number of rotatable bonds is 3. The molecule has 0 atom stereocenters. The predicted octanol–water partition coefficient (Wildman–Crippen LogP) is 10.2. The van der Waals surface area contributed by atoms with Crippen molar-refractivity contribution in [1.29, 1.82) is 0 Å². The summed E-state index contributed by atoms with van der Waals surface area (Å²) in [5.41, 5.74) is 9.69. The number of benzene rings is 6. The molecule has 1 heterocycles. The second-order valence-electron chi connectivity index (χ2n) is 9.59. The monoisotopic (exact) mass is 493 g/mol. The van der Waals surface area contributed by atoms with Gasteiger partial charge in [-0.2, -0.15) is 0 Å². The number of para-hydroxylation sites is 2. The van der Waals surface area contributed by atoms with Crippen molar-refractivity contribution in [3.05, 3.63) is 138 Å². The molecule has 0 bridgehead atoms. The minimum atomic E-state index is 0.748. The van der Waals surface area contributed by atoms with Gasteiger partial charge in [-0.05, 0) is 70.3 Å². The first-order valence-corrected chi connectivity index (χ1v) is 12.9. The molecule has 0 spiro atoms. The fourth-order valence-corrected chi connectivity index (χ4v) is 5.80. The number of aryl methyl sites for hydroxylation is 1. The number of fused-ring (bicyclic) bond motifs is 4. The Bertz CT molecular complexity index is 1940. The Labute approximate surface area is 221 Å². The normalized spacial score (nSPS) is 11.5. The second kappa shape index (κ2) is 8.65. The summed E-state index contributed by atoms with van der Waals surface area (Å²) in [5, 5.41) is 5.76. The third kappa shape index (κ3) is 3.55. The molecule has 0 saturated carbocycles. The molecular formula is C35H24ClN. The summed E-state index contributed by atoms with van der Waals surface area (Å²) in [6, 6.07) is 45.5. The first-order chi connectivity index (χ1) is 18.2. The Balaban J connectivity index is 1.57. The highest BCUT2D eigenvalue weighted by molar-refractivity contribution is 6.30. The maximum Gasteiger partial charge on any atom is 0.0569 e. The van der Waals surface area contributed by atoms with Crippen LogP contribution in [0.4, 0.5) is 0 Å². The summed E-state index contributed by atoms with van der Waals surface area (Å²) in [6.45, 7) is 2.21. The van der Waals surface area contributed by atoms with Crippen LogP contribution >= 0.6 is 11.6 Å². The Hall–Kier alpha value is -4.33. The molecule has 0 radical (unpaired) electrons. The van der Waals surface area contributed by atoms with Gasteiger partial charge in [0.05, 0.1) is 16.7 Å². The van der Waals surface area contributed by atoms with Crippen molar-refractivity contribution in [3.8, 4) is 27.9 Å². The van der Waals surface area contributed by atoms with Crippen LogP contribution in [0.2, 0.25) is 5.02 Å². The third-order valence-electron chi connectivity index (χ3n) is 7.37.